The summed E-state index contributed by atoms with van der Waals surface area (Å²) in [7, 11) is 0. The number of aryl methyl sites for hydroxylation is 1. The normalized spacial score (nSPS) is 21.7. The molecule has 2 aliphatic rings. The molecule has 4 rings (SSSR count). The van der Waals surface area contributed by atoms with Gasteiger partial charge in [-0.05, 0) is 26.0 Å². The van der Waals surface area contributed by atoms with Gasteiger partial charge in [0.15, 0.2) is 0 Å². The van der Waals surface area contributed by atoms with Gasteiger partial charge in [-0.1, -0.05) is 0 Å². The highest BCUT2D eigenvalue weighted by Gasteiger charge is 2.48. The molecule has 0 radical (unpaired) electrons. The lowest BCUT2D eigenvalue weighted by Gasteiger charge is -2.35. The zero-order chi connectivity index (χ0) is 21.6. The van der Waals surface area contributed by atoms with Gasteiger partial charge in [-0.25, -0.2) is 4.79 Å². The summed E-state index contributed by atoms with van der Waals surface area (Å²) in [5.41, 5.74) is 2.23. The molecule has 3 amide bonds. The highest BCUT2D eigenvalue weighted by molar-refractivity contribution is 5.96. The van der Waals surface area contributed by atoms with E-state index in [1.54, 1.807) is 27.9 Å². The van der Waals surface area contributed by atoms with Crippen LogP contribution < -0.4 is 10.2 Å². The third-order valence-corrected chi connectivity index (χ3v) is 5.50. The van der Waals surface area contributed by atoms with Crippen LogP contribution in [0.1, 0.15) is 24.7 Å². The number of pyridine rings is 1. The van der Waals surface area contributed by atoms with Crippen LogP contribution in [0, 0.1) is 12.8 Å². The zero-order valence-corrected chi connectivity index (χ0v) is 16.5. The molecule has 0 saturated carbocycles. The van der Waals surface area contributed by atoms with Gasteiger partial charge in [-0.3, -0.25) is 14.5 Å². The maximum Gasteiger partial charge on any atom is 0.394 e. The van der Waals surface area contributed by atoms with Crippen molar-refractivity contribution >= 4 is 23.3 Å². The minimum atomic E-state index is -4.43. The van der Waals surface area contributed by atoms with Crippen LogP contribution in [-0.2, 0) is 17.9 Å². The monoisotopic (exact) mass is 422 g/mol. The number of nitrogens with one attached hydrogen (secondary N) is 1. The van der Waals surface area contributed by atoms with Crippen molar-refractivity contribution in [3.63, 3.8) is 0 Å². The minimum absolute atomic E-state index is 0.132. The maximum atomic E-state index is 13.1. The van der Waals surface area contributed by atoms with Crippen molar-refractivity contribution in [2.24, 2.45) is 5.92 Å². The molecule has 1 saturated heterocycles. The second kappa shape index (κ2) is 7.29. The van der Waals surface area contributed by atoms with Gasteiger partial charge in [0.05, 0.1) is 42.6 Å². The van der Waals surface area contributed by atoms with Crippen molar-refractivity contribution in [2.75, 3.05) is 16.8 Å². The first-order chi connectivity index (χ1) is 14.1. The van der Waals surface area contributed by atoms with Gasteiger partial charge in [0.1, 0.15) is 0 Å². The van der Waals surface area contributed by atoms with Gasteiger partial charge in [-0.15, -0.1) is 0 Å². The van der Waals surface area contributed by atoms with Gasteiger partial charge in [0.25, 0.3) is 0 Å². The van der Waals surface area contributed by atoms with E-state index in [9.17, 15) is 22.8 Å². The fourth-order valence-electron chi connectivity index (χ4n) is 3.86. The third-order valence-electron chi connectivity index (χ3n) is 5.50. The van der Waals surface area contributed by atoms with Crippen LogP contribution in [0.25, 0.3) is 0 Å². The molecule has 11 heteroatoms. The summed E-state index contributed by atoms with van der Waals surface area (Å²) >= 11 is 0. The van der Waals surface area contributed by atoms with E-state index in [-0.39, 0.29) is 18.6 Å². The van der Waals surface area contributed by atoms with E-state index >= 15 is 0 Å². The molecule has 2 atom stereocenters. The van der Waals surface area contributed by atoms with Gasteiger partial charge in [0, 0.05) is 30.5 Å². The van der Waals surface area contributed by atoms with E-state index in [0.717, 1.165) is 10.6 Å². The summed E-state index contributed by atoms with van der Waals surface area (Å²) in [6.07, 6.45) is -2.00. The zero-order valence-electron chi connectivity index (χ0n) is 16.5. The minimum Gasteiger partial charge on any atom is -0.314 e. The number of urea groups is 1. The van der Waals surface area contributed by atoms with E-state index in [1.807, 2.05) is 13.8 Å². The molecule has 1 fully saturated rings. The molecule has 1 unspecified atom stereocenters. The Morgan fingerprint density at radius 3 is 2.73 bits per heavy atom. The van der Waals surface area contributed by atoms with Crippen LogP contribution in [0.3, 0.4) is 0 Å². The number of hydrogen-bond acceptors (Lipinski definition) is 4. The van der Waals surface area contributed by atoms with Gasteiger partial charge in [0.2, 0.25) is 5.91 Å². The summed E-state index contributed by atoms with van der Waals surface area (Å²) in [5, 5.41) is 7.06. The Kier molecular flexibility index (Phi) is 4.91. The molecule has 160 valence electrons. The first-order valence-electron chi connectivity index (χ1n) is 9.55. The molecular weight excluding hydrogens is 401 g/mol. The molecule has 1 N–H and O–H groups in total. The highest BCUT2D eigenvalue weighted by Crippen LogP contribution is 2.38. The maximum absolute atomic E-state index is 13.1. The van der Waals surface area contributed by atoms with Gasteiger partial charge < -0.3 is 15.1 Å². The first-order valence-corrected chi connectivity index (χ1v) is 9.55. The predicted molar refractivity (Wildman–Crippen MR) is 102 cm³/mol. The number of rotatable bonds is 2. The quantitative estimate of drug-likeness (QED) is 0.807. The van der Waals surface area contributed by atoms with Crippen LogP contribution in [0.2, 0.25) is 0 Å². The van der Waals surface area contributed by atoms with Crippen molar-refractivity contribution in [1.82, 2.24) is 19.7 Å². The molecule has 8 nitrogen and oxygen atoms in total. The molecule has 0 aromatic carbocycles. The number of halogens is 3. The van der Waals surface area contributed by atoms with E-state index in [1.165, 1.54) is 6.20 Å². The molecule has 4 heterocycles. The number of carbonyl (C=O) groups is 2. The Hall–Kier alpha value is -3.11. The van der Waals surface area contributed by atoms with Crippen LogP contribution >= 0.6 is 0 Å². The second-order valence-electron chi connectivity index (χ2n) is 7.70. The Labute approximate surface area is 170 Å². The summed E-state index contributed by atoms with van der Waals surface area (Å²) in [6.45, 7) is 3.75. The van der Waals surface area contributed by atoms with Gasteiger partial charge in [-0.2, -0.15) is 18.3 Å². The molecule has 2 aromatic rings. The number of hydrogen-bond donors (Lipinski definition) is 1. The van der Waals surface area contributed by atoms with Crippen LogP contribution in [0.4, 0.5) is 29.3 Å². The molecular formula is C19H21F3N6O2. The van der Waals surface area contributed by atoms with Gasteiger partial charge >= 0.3 is 12.2 Å². The van der Waals surface area contributed by atoms with E-state index in [2.05, 4.69) is 15.4 Å². The van der Waals surface area contributed by atoms with Crippen molar-refractivity contribution in [3.05, 3.63) is 35.9 Å². The Balaban J connectivity index is 1.55. The van der Waals surface area contributed by atoms with E-state index in [4.69, 9.17) is 0 Å². The van der Waals surface area contributed by atoms with Crippen molar-refractivity contribution in [1.29, 1.82) is 0 Å². The molecule has 0 aliphatic carbocycles. The SMILES string of the molecule is Cc1cc(NC(=O)N2Cc3c(N4CC(C(F)(F)F)CC4=O)cnn3C[C@@H]2C)ccn1. The molecule has 0 bridgehead atoms. The highest BCUT2D eigenvalue weighted by atomic mass is 19.4. The average Bonchev–Trinajstić information content (AvgIpc) is 3.23. The van der Waals surface area contributed by atoms with E-state index < -0.39 is 31.0 Å². The summed E-state index contributed by atoms with van der Waals surface area (Å²) < 4.78 is 40.9. The molecule has 0 spiro atoms. The standard InChI is InChI=1S/C19H21F3N6O2/c1-11-5-14(3-4-23-11)25-18(30)26-10-16-15(7-24-28(16)8-12(26)2)27-9-13(6-17(27)29)19(20,21)22/h3-5,7,12-13H,6,8-10H2,1-2H3,(H,23,25,30)/t12-,13?/m0/s1. The number of anilines is 2. The first kappa shape index (κ1) is 20.2. The number of amides is 3. The number of fused-ring (bicyclic) bond motifs is 1. The lowest BCUT2D eigenvalue weighted by Crippen LogP contribution is -2.47. The Morgan fingerprint density at radius 1 is 1.30 bits per heavy atom. The fraction of sp³-hybridized carbons (Fsp3) is 0.474. The molecule has 2 aromatic heterocycles. The summed E-state index contributed by atoms with van der Waals surface area (Å²) in [5.74, 6) is -2.28. The summed E-state index contributed by atoms with van der Waals surface area (Å²) in [4.78, 5) is 31.9. The summed E-state index contributed by atoms with van der Waals surface area (Å²) in [6, 6.07) is 2.88. The lowest BCUT2D eigenvalue weighted by molar-refractivity contribution is -0.169. The molecule has 30 heavy (non-hydrogen) atoms. The lowest BCUT2D eigenvalue weighted by atomic mass is 10.1. The third kappa shape index (κ3) is 3.71. The van der Waals surface area contributed by atoms with Crippen LogP contribution in [-0.4, -0.2) is 50.4 Å². The smallest absolute Gasteiger partial charge is 0.314 e. The number of aromatic nitrogens is 3. The number of carbonyl (C=O) groups excluding carboxylic acids is 2. The largest absolute Gasteiger partial charge is 0.394 e. The number of nitrogens with zero attached hydrogens (tertiary/aromatic N) is 5. The fourth-order valence-corrected chi connectivity index (χ4v) is 3.86. The van der Waals surface area contributed by atoms with Crippen molar-refractivity contribution in [3.8, 4) is 0 Å². The van der Waals surface area contributed by atoms with Crippen LogP contribution in [0.5, 0.6) is 0 Å². The van der Waals surface area contributed by atoms with Crippen molar-refractivity contribution in [2.45, 2.75) is 45.6 Å². The Bertz CT molecular complexity index is 989. The van der Waals surface area contributed by atoms with Crippen molar-refractivity contribution < 1.29 is 22.8 Å². The molecule has 2 aliphatic heterocycles. The average molecular weight is 422 g/mol. The van der Waals surface area contributed by atoms with E-state index in [0.29, 0.717) is 23.6 Å². The predicted octanol–water partition coefficient (Wildman–Crippen LogP) is 2.94. The second-order valence-corrected chi connectivity index (χ2v) is 7.70. The van der Waals surface area contributed by atoms with Crippen LogP contribution in [0.15, 0.2) is 24.5 Å². The number of alkyl halides is 3. The Morgan fingerprint density at radius 2 is 2.07 bits per heavy atom. The topological polar surface area (TPSA) is 83.4 Å².